The molecule has 4 aromatic rings. The SMILES string of the molecule is CCc1ccc(NC(=O)Cn2c(=O)n(Cc3ccco3)c(=O)c3ccccc32)cc1. The Labute approximate surface area is 172 Å². The van der Waals surface area contributed by atoms with Crippen LogP contribution in [0, 0.1) is 0 Å². The lowest BCUT2D eigenvalue weighted by Crippen LogP contribution is -2.42. The zero-order valence-electron chi connectivity index (χ0n) is 16.5. The third-order valence-corrected chi connectivity index (χ3v) is 4.97. The monoisotopic (exact) mass is 403 g/mol. The van der Waals surface area contributed by atoms with Crippen LogP contribution < -0.4 is 16.6 Å². The van der Waals surface area contributed by atoms with Crippen molar-refractivity contribution >= 4 is 22.5 Å². The Hall–Kier alpha value is -3.87. The van der Waals surface area contributed by atoms with Gasteiger partial charge in [-0.1, -0.05) is 31.2 Å². The van der Waals surface area contributed by atoms with E-state index in [9.17, 15) is 14.4 Å². The van der Waals surface area contributed by atoms with Gasteiger partial charge in [-0.15, -0.1) is 0 Å². The van der Waals surface area contributed by atoms with Gasteiger partial charge < -0.3 is 9.73 Å². The third kappa shape index (κ3) is 3.82. The highest BCUT2D eigenvalue weighted by Crippen LogP contribution is 2.12. The van der Waals surface area contributed by atoms with E-state index in [-0.39, 0.29) is 19.0 Å². The summed E-state index contributed by atoms with van der Waals surface area (Å²) in [6, 6.07) is 17.7. The van der Waals surface area contributed by atoms with E-state index in [1.807, 2.05) is 24.3 Å². The first-order valence-electron chi connectivity index (χ1n) is 9.70. The molecule has 0 saturated heterocycles. The summed E-state index contributed by atoms with van der Waals surface area (Å²) in [6.07, 6.45) is 2.39. The minimum atomic E-state index is -0.563. The molecule has 30 heavy (non-hydrogen) atoms. The lowest BCUT2D eigenvalue weighted by molar-refractivity contribution is -0.116. The molecule has 2 aromatic carbocycles. The molecule has 0 unspecified atom stereocenters. The maximum atomic E-state index is 13.1. The van der Waals surface area contributed by atoms with Gasteiger partial charge in [-0.2, -0.15) is 0 Å². The summed E-state index contributed by atoms with van der Waals surface area (Å²) < 4.78 is 7.69. The van der Waals surface area contributed by atoms with Crippen molar-refractivity contribution in [2.45, 2.75) is 26.4 Å². The second-order valence-electron chi connectivity index (χ2n) is 6.96. The number of furan rings is 1. The minimum absolute atomic E-state index is 0.00437. The van der Waals surface area contributed by atoms with Crippen molar-refractivity contribution < 1.29 is 9.21 Å². The number of aryl methyl sites for hydroxylation is 1. The molecule has 0 saturated carbocycles. The van der Waals surface area contributed by atoms with E-state index in [2.05, 4.69) is 12.2 Å². The molecule has 7 heteroatoms. The normalized spacial score (nSPS) is 11.0. The van der Waals surface area contributed by atoms with Gasteiger partial charge in [0.1, 0.15) is 12.3 Å². The van der Waals surface area contributed by atoms with E-state index >= 15 is 0 Å². The van der Waals surface area contributed by atoms with Crippen LogP contribution in [0.2, 0.25) is 0 Å². The van der Waals surface area contributed by atoms with Crippen molar-refractivity contribution in [3.63, 3.8) is 0 Å². The molecular formula is C23H21N3O4. The van der Waals surface area contributed by atoms with Crippen molar-refractivity contribution in [3.8, 4) is 0 Å². The number of anilines is 1. The molecule has 1 amide bonds. The number of rotatable bonds is 6. The lowest BCUT2D eigenvalue weighted by atomic mass is 10.1. The number of benzene rings is 2. The predicted octanol–water partition coefficient (Wildman–Crippen LogP) is 3.01. The molecule has 0 atom stereocenters. The number of amides is 1. The molecular weight excluding hydrogens is 382 g/mol. The largest absolute Gasteiger partial charge is 0.467 e. The van der Waals surface area contributed by atoms with Crippen LogP contribution in [0.4, 0.5) is 5.69 Å². The predicted molar refractivity (Wildman–Crippen MR) is 115 cm³/mol. The van der Waals surface area contributed by atoms with Crippen LogP contribution in [0.1, 0.15) is 18.2 Å². The molecule has 0 aliphatic heterocycles. The first-order valence-corrected chi connectivity index (χ1v) is 9.70. The number of carbonyl (C=O) groups is 1. The van der Waals surface area contributed by atoms with Crippen molar-refractivity contribution in [3.05, 3.63) is 99.1 Å². The van der Waals surface area contributed by atoms with E-state index < -0.39 is 11.2 Å². The molecule has 0 fully saturated rings. The maximum absolute atomic E-state index is 13.1. The van der Waals surface area contributed by atoms with Gasteiger partial charge in [0.05, 0.1) is 23.7 Å². The number of para-hydroxylation sites is 1. The van der Waals surface area contributed by atoms with Gasteiger partial charge in [0.2, 0.25) is 5.91 Å². The second-order valence-corrected chi connectivity index (χ2v) is 6.96. The molecule has 0 spiro atoms. The maximum Gasteiger partial charge on any atom is 0.332 e. The summed E-state index contributed by atoms with van der Waals surface area (Å²) in [7, 11) is 0. The van der Waals surface area contributed by atoms with Crippen LogP contribution in [0.15, 0.2) is 80.9 Å². The fourth-order valence-corrected chi connectivity index (χ4v) is 3.39. The highest BCUT2D eigenvalue weighted by Gasteiger charge is 2.16. The van der Waals surface area contributed by atoms with E-state index in [1.54, 1.807) is 36.4 Å². The van der Waals surface area contributed by atoms with Crippen molar-refractivity contribution in [2.24, 2.45) is 0 Å². The van der Waals surface area contributed by atoms with Crippen molar-refractivity contribution in [1.29, 1.82) is 0 Å². The highest BCUT2D eigenvalue weighted by atomic mass is 16.3. The highest BCUT2D eigenvalue weighted by molar-refractivity contribution is 5.91. The van der Waals surface area contributed by atoms with Crippen LogP contribution in [0.5, 0.6) is 0 Å². The summed E-state index contributed by atoms with van der Waals surface area (Å²) in [5.74, 6) is 0.131. The fourth-order valence-electron chi connectivity index (χ4n) is 3.39. The van der Waals surface area contributed by atoms with Crippen LogP contribution in [-0.4, -0.2) is 15.0 Å². The first kappa shape index (κ1) is 19.4. The van der Waals surface area contributed by atoms with Crippen LogP contribution >= 0.6 is 0 Å². The van der Waals surface area contributed by atoms with Gasteiger partial charge in [0.15, 0.2) is 0 Å². The average Bonchev–Trinajstić information content (AvgIpc) is 3.28. The number of aromatic nitrogens is 2. The topological polar surface area (TPSA) is 86.2 Å². The van der Waals surface area contributed by atoms with Crippen molar-refractivity contribution in [1.82, 2.24) is 9.13 Å². The Morgan fingerprint density at radius 1 is 0.967 bits per heavy atom. The zero-order chi connectivity index (χ0) is 21.1. The summed E-state index contributed by atoms with van der Waals surface area (Å²) in [6.45, 7) is 1.84. The standard InChI is InChI=1S/C23H21N3O4/c1-2-16-9-11-17(12-10-16)24-21(27)15-25-20-8-4-3-7-19(20)22(28)26(23(25)29)14-18-6-5-13-30-18/h3-13H,2,14-15H2,1H3,(H,24,27). The number of hydrogen-bond acceptors (Lipinski definition) is 4. The van der Waals surface area contributed by atoms with E-state index in [0.29, 0.717) is 22.4 Å². The molecule has 0 aliphatic carbocycles. The molecule has 2 heterocycles. The summed E-state index contributed by atoms with van der Waals surface area (Å²) in [5, 5.41) is 3.17. The summed E-state index contributed by atoms with van der Waals surface area (Å²) in [4.78, 5) is 38.6. The van der Waals surface area contributed by atoms with Crippen LogP contribution in [0.25, 0.3) is 10.9 Å². The zero-order valence-corrected chi connectivity index (χ0v) is 16.5. The van der Waals surface area contributed by atoms with Gasteiger partial charge in [-0.3, -0.25) is 18.7 Å². The Balaban J connectivity index is 1.71. The number of hydrogen-bond donors (Lipinski definition) is 1. The summed E-state index contributed by atoms with van der Waals surface area (Å²) >= 11 is 0. The minimum Gasteiger partial charge on any atom is -0.467 e. The van der Waals surface area contributed by atoms with Gasteiger partial charge in [0, 0.05) is 5.69 Å². The molecule has 1 N–H and O–H groups in total. The number of carbonyl (C=O) groups excluding carboxylic acids is 1. The van der Waals surface area contributed by atoms with Gasteiger partial charge >= 0.3 is 5.69 Å². The Morgan fingerprint density at radius 3 is 2.43 bits per heavy atom. The second kappa shape index (κ2) is 8.24. The Bertz CT molecular complexity index is 1300. The fraction of sp³-hybridized carbons (Fsp3) is 0.174. The number of nitrogens with zero attached hydrogens (tertiary/aromatic N) is 2. The van der Waals surface area contributed by atoms with Gasteiger partial charge in [-0.25, -0.2) is 4.79 Å². The molecule has 152 valence electrons. The Morgan fingerprint density at radius 2 is 1.73 bits per heavy atom. The smallest absolute Gasteiger partial charge is 0.332 e. The van der Waals surface area contributed by atoms with E-state index in [0.717, 1.165) is 11.0 Å². The molecule has 0 bridgehead atoms. The first-order chi connectivity index (χ1) is 14.6. The van der Waals surface area contributed by atoms with Crippen LogP contribution in [-0.2, 0) is 24.3 Å². The Kier molecular flexibility index (Phi) is 5.34. The quantitative estimate of drug-likeness (QED) is 0.536. The third-order valence-electron chi connectivity index (χ3n) is 4.97. The van der Waals surface area contributed by atoms with Gasteiger partial charge in [-0.05, 0) is 48.4 Å². The average molecular weight is 403 g/mol. The van der Waals surface area contributed by atoms with E-state index in [4.69, 9.17) is 4.42 Å². The molecule has 4 rings (SSSR count). The van der Waals surface area contributed by atoms with Crippen molar-refractivity contribution in [2.75, 3.05) is 5.32 Å². The lowest BCUT2D eigenvalue weighted by Gasteiger charge is -2.14. The van der Waals surface area contributed by atoms with E-state index in [1.165, 1.54) is 16.4 Å². The molecule has 0 aliphatic rings. The molecule has 7 nitrogen and oxygen atoms in total. The van der Waals surface area contributed by atoms with Crippen LogP contribution in [0.3, 0.4) is 0 Å². The summed E-state index contributed by atoms with van der Waals surface area (Å²) in [5.41, 5.74) is 1.25. The molecule has 2 aromatic heterocycles. The van der Waals surface area contributed by atoms with Gasteiger partial charge in [0.25, 0.3) is 5.56 Å². The number of nitrogens with one attached hydrogen (secondary N) is 1. The number of fused-ring (bicyclic) bond motifs is 1. The molecule has 0 radical (unpaired) electrons.